The van der Waals surface area contributed by atoms with Gasteiger partial charge in [0.05, 0.1) is 5.60 Å². The Balaban J connectivity index is 4.37. The minimum Gasteiger partial charge on any atom is -0.388 e. The molecule has 22 heavy (non-hydrogen) atoms. The van der Waals surface area contributed by atoms with Gasteiger partial charge in [-0.3, -0.25) is 4.90 Å². The Bertz CT molecular complexity index is 300. The van der Waals surface area contributed by atoms with Crippen LogP contribution in [0.25, 0.3) is 0 Å². The Morgan fingerprint density at radius 3 is 2.05 bits per heavy atom. The number of likely N-dealkylation sites (N-methyl/N-ethyl adjacent to an activating group) is 1. The normalized spacial score (nSPS) is 13.5. The zero-order chi connectivity index (χ0) is 17.2. The first-order valence-electron chi connectivity index (χ1n) is 8.79. The maximum atomic E-state index is 12.0. The second-order valence-electron chi connectivity index (χ2n) is 6.50. The summed E-state index contributed by atoms with van der Waals surface area (Å²) in [6, 6.07) is 0.165. The fourth-order valence-electron chi connectivity index (χ4n) is 2.66. The molecule has 5 heteroatoms. The van der Waals surface area contributed by atoms with Crippen LogP contribution in [0.15, 0.2) is 0 Å². The van der Waals surface area contributed by atoms with Crippen LogP contribution in [-0.4, -0.2) is 53.9 Å². The molecule has 0 spiro atoms. The van der Waals surface area contributed by atoms with E-state index in [1.54, 1.807) is 0 Å². The average molecular weight is 316 g/mol. The number of hydrogen-bond donors (Lipinski definition) is 3. The smallest absolute Gasteiger partial charge is 0.314 e. The fraction of sp³-hybridized carbons (Fsp3) is 0.941. The molecular weight excluding hydrogens is 278 g/mol. The van der Waals surface area contributed by atoms with Gasteiger partial charge in [-0.2, -0.15) is 0 Å². The minimum absolute atomic E-state index is 0.193. The van der Waals surface area contributed by atoms with E-state index in [0.29, 0.717) is 37.9 Å². The first kappa shape index (κ1) is 21.2. The molecule has 0 aromatic rings. The van der Waals surface area contributed by atoms with Gasteiger partial charge in [0.2, 0.25) is 0 Å². The molecule has 0 bridgehead atoms. The SMILES string of the molecule is CCN(CC)C(CNC(=O)NCC(O)(CC)CC)CC(C)C. The van der Waals surface area contributed by atoms with Crippen LogP contribution in [0.4, 0.5) is 4.79 Å². The molecular formula is C17H37N3O2. The third-order valence-electron chi connectivity index (χ3n) is 4.46. The lowest BCUT2D eigenvalue weighted by atomic mass is 9.98. The molecule has 2 amide bonds. The van der Waals surface area contributed by atoms with E-state index in [0.717, 1.165) is 19.5 Å². The van der Waals surface area contributed by atoms with Crippen molar-refractivity contribution in [1.29, 1.82) is 0 Å². The van der Waals surface area contributed by atoms with Crippen molar-refractivity contribution in [3.05, 3.63) is 0 Å². The Kier molecular flexibility index (Phi) is 10.4. The Hall–Kier alpha value is -0.810. The van der Waals surface area contributed by atoms with Crippen molar-refractivity contribution in [2.45, 2.75) is 72.4 Å². The highest BCUT2D eigenvalue weighted by Crippen LogP contribution is 2.13. The van der Waals surface area contributed by atoms with E-state index in [4.69, 9.17) is 0 Å². The van der Waals surface area contributed by atoms with E-state index in [2.05, 4.69) is 43.2 Å². The Morgan fingerprint density at radius 1 is 1.09 bits per heavy atom. The number of nitrogens with zero attached hydrogens (tertiary/aromatic N) is 1. The molecule has 0 heterocycles. The van der Waals surface area contributed by atoms with Gasteiger partial charge < -0.3 is 15.7 Å². The van der Waals surface area contributed by atoms with E-state index >= 15 is 0 Å². The highest BCUT2D eigenvalue weighted by atomic mass is 16.3. The van der Waals surface area contributed by atoms with Gasteiger partial charge in [-0.25, -0.2) is 4.79 Å². The maximum Gasteiger partial charge on any atom is 0.314 e. The summed E-state index contributed by atoms with van der Waals surface area (Å²) in [4.78, 5) is 14.3. The zero-order valence-electron chi connectivity index (χ0n) is 15.4. The summed E-state index contributed by atoms with van der Waals surface area (Å²) >= 11 is 0. The van der Waals surface area contributed by atoms with Crippen LogP contribution in [0, 0.1) is 5.92 Å². The van der Waals surface area contributed by atoms with Crippen molar-refractivity contribution in [1.82, 2.24) is 15.5 Å². The Morgan fingerprint density at radius 2 is 1.64 bits per heavy atom. The van der Waals surface area contributed by atoms with Crippen molar-refractivity contribution in [2.24, 2.45) is 5.92 Å². The van der Waals surface area contributed by atoms with Crippen LogP contribution in [0.1, 0.15) is 60.8 Å². The van der Waals surface area contributed by atoms with E-state index in [1.807, 2.05) is 13.8 Å². The molecule has 1 unspecified atom stereocenters. The number of rotatable bonds is 11. The number of carbonyl (C=O) groups is 1. The highest BCUT2D eigenvalue weighted by molar-refractivity contribution is 5.73. The molecule has 0 fully saturated rings. The molecule has 0 aliphatic carbocycles. The molecule has 0 radical (unpaired) electrons. The van der Waals surface area contributed by atoms with Crippen molar-refractivity contribution in [2.75, 3.05) is 26.2 Å². The van der Waals surface area contributed by atoms with E-state index in [9.17, 15) is 9.90 Å². The summed E-state index contributed by atoms with van der Waals surface area (Å²) in [5.41, 5.74) is -0.798. The maximum absolute atomic E-state index is 12.0. The molecule has 0 aromatic heterocycles. The number of carbonyl (C=O) groups excluding carboxylic acids is 1. The summed E-state index contributed by atoms with van der Waals surface area (Å²) in [7, 11) is 0. The predicted molar refractivity (Wildman–Crippen MR) is 93.1 cm³/mol. The van der Waals surface area contributed by atoms with Crippen LogP contribution >= 0.6 is 0 Å². The molecule has 3 N–H and O–H groups in total. The van der Waals surface area contributed by atoms with Crippen LogP contribution in [0.2, 0.25) is 0 Å². The lowest BCUT2D eigenvalue weighted by Gasteiger charge is -2.31. The van der Waals surface area contributed by atoms with Crippen molar-refractivity contribution >= 4 is 6.03 Å². The zero-order valence-corrected chi connectivity index (χ0v) is 15.4. The molecule has 1 atom stereocenters. The minimum atomic E-state index is -0.798. The summed E-state index contributed by atoms with van der Waals surface area (Å²) < 4.78 is 0. The van der Waals surface area contributed by atoms with Crippen molar-refractivity contribution in [3.8, 4) is 0 Å². The number of aliphatic hydroxyl groups is 1. The molecule has 0 rings (SSSR count). The predicted octanol–water partition coefficient (Wildman–Crippen LogP) is 2.59. The lowest BCUT2D eigenvalue weighted by molar-refractivity contribution is 0.0349. The monoisotopic (exact) mass is 315 g/mol. The molecule has 0 aliphatic heterocycles. The third-order valence-corrected chi connectivity index (χ3v) is 4.46. The van der Waals surface area contributed by atoms with E-state index < -0.39 is 5.60 Å². The molecule has 132 valence electrons. The second kappa shape index (κ2) is 10.8. The van der Waals surface area contributed by atoms with Gasteiger partial charge >= 0.3 is 6.03 Å². The van der Waals surface area contributed by atoms with Gasteiger partial charge in [0, 0.05) is 19.1 Å². The van der Waals surface area contributed by atoms with Gasteiger partial charge in [-0.05, 0) is 38.3 Å². The average Bonchev–Trinajstić information content (AvgIpc) is 2.50. The van der Waals surface area contributed by atoms with Gasteiger partial charge in [0.25, 0.3) is 0 Å². The van der Waals surface area contributed by atoms with Crippen molar-refractivity contribution < 1.29 is 9.90 Å². The first-order chi connectivity index (χ1) is 10.3. The quantitative estimate of drug-likeness (QED) is 0.549. The number of nitrogens with one attached hydrogen (secondary N) is 2. The highest BCUT2D eigenvalue weighted by Gasteiger charge is 2.23. The van der Waals surface area contributed by atoms with E-state index in [1.165, 1.54) is 0 Å². The van der Waals surface area contributed by atoms with Crippen LogP contribution < -0.4 is 10.6 Å². The van der Waals surface area contributed by atoms with Crippen LogP contribution in [0.3, 0.4) is 0 Å². The number of hydrogen-bond acceptors (Lipinski definition) is 3. The summed E-state index contributed by atoms with van der Waals surface area (Å²) in [6.07, 6.45) is 2.34. The molecule has 5 nitrogen and oxygen atoms in total. The largest absolute Gasteiger partial charge is 0.388 e. The first-order valence-corrected chi connectivity index (χ1v) is 8.79. The van der Waals surface area contributed by atoms with E-state index in [-0.39, 0.29) is 6.03 Å². The molecule has 0 aromatic carbocycles. The van der Waals surface area contributed by atoms with Crippen LogP contribution in [-0.2, 0) is 0 Å². The van der Waals surface area contributed by atoms with Crippen LogP contribution in [0.5, 0.6) is 0 Å². The molecule has 0 saturated heterocycles. The molecule has 0 aliphatic rings. The third kappa shape index (κ3) is 7.99. The summed E-state index contributed by atoms with van der Waals surface area (Å²) in [5, 5.41) is 15.9. The van der Waals surface area contributed by atoms with Gasteiger partial charge in [0.1, 0.15) is 0 Å². The standard InChI is InChI=1S/C17H37N3O2/c1-7-17(22,8-2)13-19-16(21)18-12-15(11-14(5)6)20(9-3)10-4/h14-15,22H,7-13H2,1-6H3,(H2,18,19,21). The lowest BCUT2D eigenvalue weighted by Crippen LogP contribution is -2.50. The topological polar surface area (TPSA) is 64.6 Å². The number of urea groups is 1. The number of amides is 2. The fourth-order valence-corrected chi connectivity index (χ4v) is 2.66. The van der Waals surface area contributed by atoms with Crippen molar-refractivity contribution in [3.63, 3.8) is 0 Å². The molecule has 0 saturated carbocycles. The summed E-state index contributed by atoms with van der Waals surface area (Å²) in [5.74, 6) is 0.598. The van der Waals surface area contributed by atoms with Gasteiger partial charge in [0.15, 0.2) is 0 Å². The van der Waals surface area contributed by atoms with Gasteiger partial charge in [-0.1, -0.05) is 41.5 Å². The second-order valence-corrected chi connectivity index (χ2v) is 6.50. The Labute approximate surface area is 136 Å². The van der Waals surface area contributed by atoms with Gasteiger partial charge in [-0.15, -0.1) is 0 Å². The summed E-state index contributed by atoms with van der Waals surface area (Å²) in [6.45, 7) is 15.5.